The molecule has 150 valence electrons. The molecule has 2 aromatic rings. The van der Waals surface area contributed by atoms with Crippen molar-refractivity contribution in [3.8, 4) is 0 Å². The minimum Gasteiger partial charge on any atom is -0.376 e. The molecule has 0 unspecified atom stereocenters. The van der Waals surface area contributed by atoms with E-state index in [1.165, 1.54) is 5.56 Å². The number of hydrogen-bond donors (Lipinski definition) is 1. The van der Waals surface area contributed by atoms with Gasteiger partial charge in [-0.3, -0.25) is 4.79 Å². The molecule has 0 heterocycles. The van der Waals surface area contributed by atoms with Crippen LogP contribution in [0, 0.1) is 11.8 Å². The number of benzene rings is 2. The third-order valence-corrected chi connectivity index (χ3v) is 5.05. The summed E-state index contributed by atoms with van der Waals surface area (Å²) in [5, 5.41) is 3.16. The van der Waals surface area contributed by atoms with Crippen LogP contribution in [0.3, 0.4) is 0 Å². The van der Waals surface area contributed by atoms with Crippen LogP contribution in [-0.2, 0) is 16.1 Å². The van der Waals surface area contributed by atoms with Gasteiger partial charge in [-0.2, -0.15) is 0 Å². The van der Waals surface area contributed by atoms with E-state index in [4.69, 9.17) is 4.74 Å². The molecule has 3 nitrogen and oxygen atoms in total. The van der Waals surface area contributed by atoms with E-state index in [1.54, 1.807) is 0 Å². The highest BCUT2D eigenvalue weighted by molar-refractivity contribution is 5.79. The first kappa shape index (κ1) is 21.9. The van der Waals surface area contributed by atoms with Crippen molar-refractivity contribution < 1.29 is 9.53 Å². The number of carbonyl (C=O) groups is 1. The van der Waals surface area contributed by atoms with Gasteiger partial charge in [-0.05, 0) is 36.8 Å². The summed E-state index contributed by atoms with van der Waals surface area (Å²) >= 11 is 0. The van der Waals surface area contributed by atoms with Crippen LogP contribution in [-0.4, -0.2) is 12.5 Å². The van der Waals surface area contributed by atoms with Gasteiger partial charge in [0, 0.05) is 5.92 Å². The summed E-state index contributed by atoms with van der Waals surface area (Å²) in [4.78, 5) is 12.7. The van der Waals surface area contributed by atoms with E-state index >= 15 is 0 Å². The number of amides is 1. The summed E-state index contributed by atoms with van der Waals surface area (Å²) in [6.07, 6.45) is 5.96. The Labute approximate surface area is 169 Å². The average molecular weight is 380 g/mol. The Morgan fingerprint density at radius 1 is 1.04 bits per heavy atom. The van der Waals surface area contributed by atoms with Crippen LogP contribution in [0.15, 0.2) is 72.8 Å². The highest BCUT2D eigenvalue weighted by atomic mass is 16.5. The molecule has 0 aliphatic heterocycles. The Morgan fingerprint density at radius 3 is 2.32 bits per heavy atom. The molecule has 0 radical (unpaired) electrons. The number of carbonyl (C=O) groups excluding carboxylic acids is 1. The number of nitrogens with one attached hydrogen (secondary N) is 1. The number of allylic oxidation sites excluding steroid dienone is 1. The van der Waals surface area contributed by atoms with Crippen LogP contribution < -0.4 is 5.32 Å². The minimum absolute atomic E-state index is 0.0188. The van der Waals surface area contributed by atoms with Crippen LogP contribution >= 0.6 is 0 Å². The summed E-state index contributed by atoms with van der Waals surface area (Å²) in [6, 6.07) is 20.3. The van der Waals surface area contributed by atoms with E-state index in [0.717, 1.165) is 18.4 Å². The first-order chi connectivity index (χ1) is 13.6. The lowest BCUT2D eigenvalue weighted by molar-refractivity contribution is -0.126. The van der Waals surface area contributed by atoms with Gasteiger partial charge in [0.15, 0.2) is 0 Å². The summed E-state index contributed by atoms with van der Waals surface area (Å²) in [7, 11) is 0. The molecule has 0 aromatic heterocycles. The van der Waals surface area contributed by atoms with Crippen molar-refractivity contribution in [3.63, 3.8) is 0 Å². The molecule has 3 heteroatoms. The summed E-state index contributed by atoms with van der Waals surface area (Å²) in [6.45, 7) is 7.55. The minimum atomic E-state index is -0.0207. The Morgan fingerprint density at radius 2 is 1.68 bits per heavy atom. The molecule has 0 bridgehead atoms. The lowest BCUT2D eigenvalue weighted by Gasteiger charge is -2.22. The van der Waals surface area contributed by atoms with Gasteiger partial charge < -0.3 is 10.1 Å². The second-order valence-electron chi connectivity index (χ2n) is 7.27. The van der Waals surface area contributed by atoms with Crippen molar-refractivity contribution in [1.29, 1.82) is 0 Å². The molecule has 0 fully saturated rings. The van der Waals surface area contributed by atoms with Gasteiger partial charge in [-0.1, -0.05) is 86.7 Å². The lowest BCUT2D eigenvalue weighted by atomic mass is 9.89. The quantitative estimate of drug-likeness (QED) is 0.402. The molecular formula is C25H33NO2. The summed E-state index contributed by atoms with van der Waals surface area (Å²) in [5.41, 5.74) is 2.32. The first-order valence-electron chi connectivity index (χ1n) is 10.3. The van der Waals surface area contributed by atoms with Crippen LogP contribution in [0.25, 0.3) is 0 Å². The Bertz CT molecular complexity index is 712. The highest BCUT2D eigenvalue weighted by Crippen LogP contribution is 2.20. The Balaban J connectivity index is 1.74. The fraction of sp³-hybridized carbons (Fsp3) is 0.400. The van der Waals surface area contributed by atoms with Gasteiger partial charge in [0.05, 0.1) is 19.3 Å². The maximum absolute atomic E-state index is 12.7. The van der Waals surface area contributed by atoms with Crippen LogP contribution in [0.5, 0.6) is 0 Å². The zero-order valence-corrected chi connectivity index (χ0v) is 17.3. The standard InChI is InChI=1S/C25H33NO2/c1-4-24(25(27)26-21(3)23-16-9-6-10-17-23)20(2)13-11-12-18-28-19-22-14-7-5-8-15-22/h5-11,13-17,20-21,24H,4,12,18-19H2,1-3H3,(H,26,27)/b13-11+/t20-,21-,24+/m1/s1. The van der Waals surface area contributed by atoms with Crippen molar-refractivity contribution in [2.75, 3.05) is 6.61 Å². The molecule has 0 spiro atoms. The first-order valence-corrected chi connectivity index (χ1v) is 10.3. The molecule has 28 heavy (non-hydrogen) atoms. The van der Waals surface area contributed by atoms with E-state index < -0.39 is 0 Å². The predicted molar refractivity (Wildman–Crippen MR) is 116 cm³/mol. The third kappa shape index (κ3) is 7.32. The van der Waals surface area contributed by atoms with Gasteiger partial charge in [0.2, 0.25) is 5.91 Å². The molecule has 1 amide bonds. The van der Waals surface area contributed by atoms with Gasteiger partial charge in [-0.15, -0.1) is 0 Å². The molecule has 0 saturated heterocycles. The maximum Gasteiger partial charge on any atom is 0.224 e. The second-order valence-corrected chi connectivity index (χ2v) is 7.27. The molecule has 0 saturated carbocycles. The van der Waals surface area contributed by atoms with Gasteiger partial charge >= 0.3 is 0 Å². The molecule has 0 aliphatic carbocycles. The topological polar surface area (TPSA) is 38.3 Å². The SMILES string of the molecule is CC[C@H](C(=O)N[C@H](C)c1ccccc1)[C@H](C)/C=C/CCOCc1ccccc1. The van der Waals surface area contributed by atoms with Crippen LogP contribution in [0.2, 0.25) is 0 Å². The van der Waals surface area contributed by atoms with E-state index in [-0.39, 0.29) is 23.8 Å². The summed E-state index contributed by atoms with van der Waals surface area (Å²) < 4.78 is 5.71. The zero-order chi connectivity index (χ0) is 20.2. The van der Waals surface area contributed by atoms with Crippen LogP contribution in [0.1, 0.15) is 50.8 Å². The van der Waals surface area contributed by atoms with E-state index in [9.17, 15) is 4.79 Å². The molecule has 3 atom stereocenters. The summed E-state index contributed by atoms with van der Waals surface area (Å²) in [5.74, 6) is 0.297. The average Bonchev–Trinajstić information content (AvgIpc) is 2.72. The fourth-order valence-corrected chi connectivity index (χ4v) is 3.30. The van der Waals surface area contributed by atoms with E-state index in [2.05, 4.69) is 43.4 Å². The largest absolute Gasteiger partial charge is 0.376 e. The highest BCUT2D eigenvalue weighted by Gasteiger charge is 2.23. The molecular weight excluding hydrogens is 346 g/mol. The zero-order valence-electron chi connectivity index (χ0n) is 17.3. The number of ether oxygens (including phenoxy) is 1. The van der Waals surface area contributed by atoms with Gasteiger partial charge in [0.25, 0.3) is 0 Å². The Kier molecular flexibility index (Phi) is 9.50. The normalized spacial score (nSPS) is 14.5. The number of hydrogen-bond acceptors (Lipinski definition) is 2. The predicted octanol–water partition coefficient (Wildman–Crippen LogP) is 5.69. The van der Waals surface area contributed by atoms with Crippen molar-refractivity contribution in [2.45, 2.75) is 46.3 Å². The fourth-order valence-electron chi connectivity index (χ4n) is 3.30. The molecule has 2 aromatic carbocycles. The lowest BCUT2D eigenvalue weighted by Crippen LogP contribution is -2.35. The van der Waals surface area contributed by atoms with Gasteiger partial charge in [-0.25, -0.2) is 0 Å². The second kappa shape index (κ2) is 12.1. The van der Waals surface area contributed by atoms with Crippen LogP contribution in [0.4, 0.5) is 0 Å². The van der Waals surface area contributed by atoms with Crippen molar-refractivity contribution >= 4 is 5.91 Å². The molecule has 0 aliphatic rings. The maximum atomic E-state index is 12.7. The third-order valence-electron chi connectivity index (χ3n) is 5.05. The van der Waals surface area contributed by atoms with E-state index in [1.807, 2.05) is 55.5 Å². The van der Waals surface area contributed by atoms with Crippen molar-refractivity contribution in [2.24, 2.45) is 11.8 Å². The molecule has 2 rings (SSSR count). The van der Waals surface area contributed by atoms with E-state index in [0.29, 0.717) is 13.2 Å². The van der Waals surface area contributed by atoms with Crippen molar-refractivity contribution in [3.05, 3.63) is 83.9 Å². The van der Waals surface area contributed by atoms with Gasteiger partial charge in [0.1, 0.15) is 0 Å². The molecule has 1 N–H and O–H groups in total. The number of rotatable bonds is 11. The Hall–Kier alpha value is -2.39. The smallest absolute Gasteiger partial charge is 0.224 e. The van der Waals surface area contributed by atoms with Crippen molar-refractivity contribution in [1.82, 2.24) is 5.32 Å². The monoisotopic (exact) mass is 379 g/mol.